The third-order valence-electron chi connectivity index (χ3n) is 4.97. The lowest BCUT2D eigenvalue weighted by molar-refractivity contribution is 0.0958. The van der Waals surface area contributed by atoms with Crippen LogP contribution >= 0.6 is 0 Å². The highest BCUT2D eigenvalue weighted by molar-refractivity contribution is 5.94. The van der Waals surface area contributed by atoms with Crippen molar-refractivity contribution in [2.45, 2.75) is 25.7 Å². The predicted molar refractivity (Wildman–Crippen MR) is 111 cm³/mol. The van der Waals surface area contributed by atoms with Gasteiger partial charge < -0.3 is 19.2 Å². The SMILES string of the molecule is C=C(/C(OC)=C(\C)NC(=O)c1cc(-n2cnc(C3CC3)c2)ccn1)c1nncn1C. The number of rotatable bonds is 7. The van der Waals surface area contributed by atoms with E-state index in [0.29, 0.717) is 28.8 Å². The third-order valence-corrected chi connectivity index (χ3v) is 4.97. The molecular formula is C21H23N7O2. The number of nitrogens with one attached hydrogen (secondary N) is 1. The number of carbonyl (C=O) groups excluding carboxylic acids is 1. The standard InChI is InChI=1S/C21H23N7O2/c1-13(20-26-24-12-27(20)3)19(30-4)14(2)25-21(29)17-9-16(7-8-22-17)28-10-18(23-11-28)15-5-6-15/h7-12,15H,1,5-6H2,2-4H3,(H,25,29)/b19-14-. The number of allylic oxidation sites excluding steroid dienone is 2. The van der Waals surface area contributed by atoms with Crippen LogP contribution in [0.25, 0.3) is 11.3 Å². The Morgan fingerprint density at radius 3 is 2.77 bits per heavy atom. The van der Waals surface area contributed by atoms with Crippen molar-refractivity contribution in [1.29, 1.82) is 0 Å². The number of carbonyl (C=O) groups is 1. The molecule has 1 N–H and O–H groups in total. The van der Waals surface area contributed by atoms with Gasteiger partial charge in [-0.25, -0.2) is 4.98 Å². The Balaban J connectivity index is 1.54. The van der Waals surface area contributed by atoms with E-state index in [9.17, 15) is 4.79 Å². The zero-order valence-electron chi connectivity index (χ0n) is 17.2. The first kappa shape index (κ1) is 19.6. The van der Waals surface area contributed by atoms with E-state index in [2.05, 4.69) is 32.1 Å². The van der Waals surface area contributed by atoms with Gasteiger partial charge in [-0.2, -0.15) is 0 Å². The van der Waals surface area contributed by atoms with Crippen LogP contribution < -0.4 is 5.32 Å². The normalized spacial score (nSPS) is 14.2. The highest BCUT2D eigenvalue weighted by Crippen LogP contribution is 2.39. The van der Waals surface area contributed by atoms with Crippen LogP contribution in [0.4, 0.5) is 0 Å². The molecule has 0 spiro atoms. The molecule has 154 valence electrons. The van der Waals surface area contributed by atoms with Crippen molar-refractivity contribution in [1.82, 2.24) is 34.6 Å². The Kier molecular flexibility index (Phi) is 5.18. The van der Waals surface area contributed by atoms with E-state index in [1.54, 1.807) is 36.4 Å². The highest BCUT2D eigenvalue weighted by Gasteiger charge is 2.26. The maximum absolute atomic E-state index is 12.8. The number of aromatic nitrogens is 6. The number of nitrogens with zero attached hydrogens (tertiary/aromatic N) is 6. The molecule has 0 saturated heterocycles. The van der Waals surface area contributed by atoms with Crippen molar-refractivity contribution in [3.8, 4) is 5.69 Å². The summed E-state index contributed by atoms with van der Waals surface area (Å²) in [6, 6.07) is 3.57. The largest absolute Gasteiger partial charge is 0.494 e. The molecule has 9 nitrogen and oxygen atoms in total. The number of amides is 1. The van der Waals surface area contributed by atoms with Crippen molar-refractivity contribution in [2.24, 2.45) is 7.05 Å². The molecule has 3 aromatic heterocycles. The Bertz CT molecular complexity index is 1140. The van der Waals surface area contributed by atoms with Gasteiger partial charge in [-0.1, -0.05) is 6.58 Å². The lowest BCUT2D eigenvalue weighted by atomic mass is 10.2. The van der Waals surface area contributed by atoms with E-state index in [0.717, 1.165) is 11.4 Å². The molecule has 1 aliphatic carbocycles. The lowest BCUT2D eigenvalue weighted by Gasteiger charge is -2.14. The van der Waals surface area contributed by atoms with Crippen LogP contribution in [0, 0.1) is 0 Å². The van der Waals surface area contributed by atoms with Crippen LogP contribution in [0.15, 0.2) is 55.2 Å². The molecule has 1 amide bonds. The van der Waals surface area contributed by atoms with Gasteiger partial charge >= 0.3 is 0 Å². The fourth-order valence-corrected chi connectivity index (χ4v) is 3.23. The van der Waals surface area contributed by atoms with Crippen LogP contribution in [0.5, 0.6) is 0 Å². The molecule has 1 fully saturated rings. The zero-order valence-corrected chi connectivity index (χ0v) is 17.2. The Hall–Kier alpha value is -3.75. The van der Waals surface area contributed by atoms with E-state index in [4.69, 9.17) is 4.74 Å². The molecule has 3 heterocycles. The molecule has 1 aliphatic rings. The number of pyridine rings is 1. The van der Waals surface area contributed by atoms with E-state index in [-0.39, 0.29) is 11.6 Å². The number of hydrogen-bond donors (Lipinski definition) is 1. The van der Waals surface area contributed by atoms with Crippen molar-refractivity contribution >= 4 is 11.5 Å². The highest BCUT2D eigenvalue weighted by atomic mass is 16.5. The second kappa shape index (κ2) is 7.94. The summed E-state index contributed by atoms with van der Waals surface area (Å²) in [6.07, 6.45) is 9.33. The van der Waals surface area contributed by atoms with Gasteiger partial charge in [0.25, 0.3) is 5.91 Å². The smallest absolute Gasteiger partial charge is 0.274 e. The minimum atomic E-state index is -0.350. The quantitative estimate of drug-likeness (QED) is 0.479. The summed E-state index contributed by atoms with van der Waals surface area (Å²) in [6.45, 7) is 5.76. The van der Waals surface area contributed by atoms with Crippen molar-refractivity contribution < 1.29 is 9.53 Å². The fraction of sp³-hybridized carbons (Fsp3) is 0.286. The number of methoxy groups -OCH3 is 1. The van der Waals surface area contributed by atoms with Gasteiger partial charge in [0.05, 0.1) is 36.1 Å². The first-order valence-electron chi connectivity index (χ1n) is 9.58. The second-order valence-corrected chi connectivity index (χ2v) is 7.24. The second-order valence-electron chi connectivity index (χ2n) is 7.24. The molecule has 0 atom stereocenters. The summed E-state index contributed by atoms with van der Waals surface area (Å²) < 4.78 is 9.10. The molecule has 0 aromatic carbocycles. The number of imidazole rings is 1. The Labute approximate surface area is 174 Å². The van der Waals surface area contributed by atoms with Gasteiger partial charge in [-0.3, -0.25) is 9.78 Å². The van der Waals surface area contributed by atoms with Gasteiger partial charge in [0.1, 0.15) is 17.8 Å². The minimum Gasteiger partial charge on any atom is -0.494 e. The number of hydrogen-bond acceptors (Lipinski definition) is 6. The summed E-state index contributed by atoms with van der Waals surface area (Å²) in [5.74, 6) is 1.18. The number of aryl methyl sites for hydroxylation is 1. The predicted octanol–water partition coefficient (Wildman–Crippen LogP) is 2.59. The summed E-state index contributed by atoms with van der Waals surface area (Å²) in [5.41, 5.74) is 3.22. The average molecular weight is 405 g/mol. The molecule has 9 heteroatoms. The molecule has 0 aliphatic heterocycles. The van der Waals surface area contributed by atoms with Crippen molar-refractivity contribution in [3.63, 3.8) is 0 Å². The lowest BCUT2D eigenvalue weighted by Crippen LogP contribution is -2.24. The Morgan fingerprint density at radius 1 is 1.30 bits per heavy atom. The fourth-order valence-electron chi connectivity index (χ4n) is 3.23. The Morgan fingerprint density at radius 2 is 2.10 bits per heavy atom. The zero-order chi connectivity index (χ0) is 21.3. The van der Waals surface area contributed by atoms with Gasteiger partial charge in [0, 0.05) is 25.4 Å². The molecule has 30 heavy (non-hydrogen) atoms. The minimum absolute atomic E-state index is 0.285. The van der Waals surface area contributed by atoms with E-state index >= 15 is 0 Å². The van der Waals surface area contributed by atoms with Crippen LogP contribution in [-0.4, -0.2) is 42.3 Å². The first-order valence-corrected chi connectivity index (χ1v) is 9.58. The summed E-state index contributed by atoms with van der Waals surface area (Å²) >= 11 is 0. The molecule has 0 unspecified atom stereocenters. The summed E-state index contributed by atoms with van der Waals surface area (Å²) in [7, 11) is 3.32. The molecule has 3 aromatic rings. The van der Waals surface area contributed by atoms with Gasteiger partial charge in [0.15, 0.2) is 5.82 Å². The van der Waals surface area contributed by atoms with Gasteiger partial charge in [-0.05, 0) is 31.9 Å². The van der Waals surface area contributed by atoms with Crippen LogP contribution in [0.1, 0.15) is 47.7 Å². The van der Waals surface area contributed by atoms with Gasteiger partial charge in [-0.15, -0.1) is 10.2 Å². The summed E-state index contributed by atoms with van der Waals surface area (Å²) in [5, 5.41) is 10.7. The van der Waals surface area contributed by atoms with E-state index < -0.39 is 0 Å². The van der Waals surface area contributed by atoms with E-state index in [1.165, 1.54) is 20.0 Å². The molecule has 0 radical (unpaired) electrons. The topological polar surface area (TPSA) is 99.8 Å². The maximum atomic E-state index is 12.8. The third kappa shape index (κ3) is 3.86. The van der Waals surface area contributed by atoms with Gasteiger partial charge in [0.2, 0.25) is 0 Å². The monoisotopic (exact) mass is 405 g/mol. The van der Waals surface area contributed by atoms with Crippen molar-refractivity contribution in [3.05, 3.63) is 72.4 Å². The molecular weight excluding hydrogens is 382 g/mol. The molecule has 4 rings (SSSR count). The first-order chi connectivity index (χ1) is 14.5. The van der Waals surface area contributed by atoms with Crippen molar-refractivity contribution in [2.75, 3.05) is 7.11 Å². The molecule has 0 bridgehead atoms. The summed E-state index contributed by atoms with van der Waals surface area (Å²) in [4.78, 5) is 21.5. The maximum Gasteiger partial charge on any atom is 0.274 e. The van der Waals surface area contributed by atoms with E-state index in [1.807, 2.05) is 23.9 Å². The van der Waals surface area contributed by atoms with Crippen LogP contribution in [0.2, 0.25) is 0 Å². The number of ether oxygens (including phenoxy) is 1. The van der Waals surface area contributed by atoms with Crippen LogP contribution in [0.3, 0.4) is 0 Å². The van der Waals surface area contributed by atoms with Crippen LogP contribution in [-0.2, 0) is 11.8 Å². The molecule has 1 saturated carbocycles. The average Bonchev–Trinajstić information content (AvgIpc) is 3.31.